The van der Waals surface area contributed by atoms with Gasteiger partial charge in [0.25, 0.3) is 5.91 Å². The van der Waals surface area contributed by atoms with Gasteiger partial charge >= 0.3 is 0 Å². The predicted molar refractivity (Wildman–Crippen MR) is 104 cm³/mol. The molecule has 2 heterocycles. The molecule has 0 aliphatic carbocycles. The van der Waals surface area contributed by atoms with Crippen LogP contribution < -0.4 is 10.1 Å². The molecule has 0 spiro atoms. The Labute approximate surface area is 156 Å². The maximum absolute atomic E-state index is 12.7. The summed E-state index contributed by atoms with van der Waals surface area (Å²) in [4.78, 5) is 17.3. The number of rotatable bonds is 3. The number of fused-ring (bicyclic) bond motifs is 1. The molecule has 132 valence electrons. The molecule has 1 aromatic heterocycles. The van der Waals surface area contributed by atoms with Crippen LogP contribution in [0.4, 0.5) is 0 Å². The molecule has 0 saturated carbocycles. The van der Waals surface area contributed by atoms with Crippen molar-refractivity contribution in [2.24, 2.45) is 0 Å². The van der Waals surface area contributed by atoms with Gasteiger partial charge in [0.05, 0.1) is 12.6 Å². The molecule has 1 unspecified atom stereocenters. The summed E-state index contributed by atoms with van der Waals surface area (Å²) in [6.45, 7) is 4.75. The van der Waals surface area contributed by atoms with E-state index in [1.165, 1.54) is 22.5 Å². The Morgan fingerprint density at radius 1 is 1.23 bits per heavy atom. The van der Waals surface area contributed by atoms with Crippen LogP contribution in [0.25, 0.3) is 10.6 Å². The summed E-state index contributed by atoms with van der Waals surface area (Å²) in [5.74, 6) is 0.706. The van der Waals surface area contributed by atoms with Crippen LogP contribution in [-0.4, -0.2) is 17.5 Å². The fourth-order valence-corrected chi connectivity index (χ4v) is 4.17. The van der Waals surface area contributed by atoms with Gasteiger partial charge in [0.15, 0.2) is 0 Å². The van der Waals surface area contributed by atoms with Crippen LogP contribution in [0.1, 0.15) is 39.6 Å². The Hall–Kier alpha value is -2.66. The van der Waals surface area contributed by atoms with Gasteiger partial charge in [-0.25, -0.2) is 4.98 Å². The summed E-state index contributed by atoms with van der Waals surface area (Å²) in [6, 6.07) is 14.1. The number of nitrogens with one attached hydrogen (secondary N) is 1. The maximum atomic E-state index is 12.7. The minimum Gasteiger partial charge on any atom is -0.493 e. The van der Waals surface area contributed by atoms with E-state index in [-0.39, 0.29) is 11.9 Å². The lowest BCUT2D eigenvalue weighted by Crippen LogP contribution is -2.32. The molecule has 26 heavy (non-hydrogen) atoms. The Balaban J connectivity index is 1.54. The lowest BCUT2D eigenvalue weighted by atomic mass is 10.0. The highest BCUT2D eigenvalue weighted by atomic mass is 32.1. The van der Waals surface area contributed by atoms with Crippen LogP contribution in [0, 0.1) is 13.8 Å². The third-order valence-corrected chi connectivity index (χ3v) is 5.49. The van der Waals surface area contributed by atoms with Crippen LogP contribution in [0.15, 0.2) is 47.8 Å². The lowest BCUT2D eigenvalue weighted by molar-refractivity contribution is 0.0920. The number of benzene rings is 2. The van der Waals surface area contributed by atoms with Gasteiger partial charge in [-0.05, 0) is 25.5 Å². The average molecular weight is 364 g/mol. The van der Waals surface area contributed by atoms with E-state index in [1.54, 1.807) is 0 Å². The van der Waals surface area contributed by atoms with Gasteiger partial charge in [-0.15, -0.1) is 11.3 Å². The molecule has 1 aliphatic heterocycles. The fraction of sp³-hybridized carbons (Fsp3) is 0.238. The number of aromatic nitrogens is 1. The molecule has 1 atom stereocenters. The summed E-state index contributed by atoms with van der Waals surface area (Å²) < 4.78 is 5.66. The standard InChI is InChI=1S/C21H20N2O2S/c1-13-7-8-15(14(2)11-13)21-23-18(12-26-21)20(24)22-17-9-10-25-19-6-4-3-5-16(17)19/h3-8,11-12,17H,9-10H2,1-2H3,(H,22,24). The van der Waals surface area contributed by atoms with Gasteiger partial charge in [0, 0.05) is 22.9 Å². The van der Waals surface area contributed by atoms with Crippen molar-refractivity contribution in [1.29, 1.82) is 0 Å². The van der Waals surface area contributed by atoms with Crippen molar-refractivity contribution in [3.05, 3.63) is 70.2 Å². The van der Waals surface area contributed by atoms with Gasteiger partial charge in [-0.1, -0.05) is 42.0 Å². The number of thiazole rings is 1. The maximum Gasteiger partial charge on any atom is 0.271 e. The van der Waals surface area contributed by atoms with Crippen LogP contribution in [0.2, 0.25) is 0 Å². The highest BCUT2D eigenvalue weighted by molar-refractivity contribution is 7.13. The molecule has 0 saturated heterocycles. The molecule has 4 nitrogen and oxygen atoms in total. The normalized spacial score (nSPS) is 15.8. The molecule has 1 N–H and O–H groups in total. The van der Waals surface area contributed by atoms with Crippen molar-refractivity contribution in [2.45, 2.75) is 26.3 Å². The first-order chi connectivity index (χ1) is 12.6. The van der Waals surface area contributed by atoms with Crippen molar-refractivity contribution in [3.8, 4) is 16.3 Å². The lowest BCUT2D eigenvalue weighted by Gasteiger charge is -2.26. The fourth-order valence-electron chi connectivity index (χ4n) is 3.28. The van der Waals surface area contributed by atoms with Crippen molar-refractivity contribution in [3.63, 3.8) is 0 Å². The number of hydrogen-bond donors (Lipinski definition) is 1. The third kappa shape index (κ3) is 3.22. The van der Waals surface area contributed by atoms with Crippen LogP contribution in [0.3, 0.4) is 0 Å². The summed E-state index contributed by atoms with van der Waals surface area (Å²) in [7, 11) is 0. The van der Waals surface area contributed by atoms with Gasteiger partial charge < -0.3 is 10.1 Å². The molecule has 4 rings (SSSR count). The average Bonchev–Trinajstić information content (AvgIpc) is 3.12. The van der Waals surface area contributed by atoms with Crippen molar-refractivity contribution < 1.29 is 9.53 Å². The molecule has 3 aromatic rings. The van der Waals surface area contributed by atoms with Gasteiger partial charge in [0.2, 0.25) is 0 Å². The first-order valence-corrected chi connectivity index (χ1v) is 9.55. The number of ether oxygens (including phenoxy) is 1. The smallest absolute Gasteiger partial charge is 0.271 e. The van der Waals surface area contributed by atoms with E-state index < -0.39 is 0 Å². The highest BCUT2D eigenvalue weighted by Gasteiger charge is 2.24. The third-order valence-electron chi connectivity index (χ3n) is 4.61. The van der Waals surface area contributed by atoms with Crippen LogP contribution in [-0.2, 0) is 0 Å². The topological polar surface area (TPSA) is 51.2 Å². The minimum absolute atomic E-state index is 0.0429. The molecule has 2 aromatic carbocycles. The first-order valence-electron chi connectivity index (χ1n) is 8.67. The van der Waals surface area contributed by atoms with E-state index in [1.807, 2.05) is 29.6 Å². The summed E-state index contributed by atoms with van der Waals surface area (Å²) >= 11 is 1.50. The zero-order valence-electron chi connectivity index (χ0n) is 14.8. The second-order valence-corrected chi connectivity index (χ2v) is 7.42. The first kappa shape index (κ1) is 16.8. The zero-order chi connectivity index (χ0) is 18.1. The SMILES string of the molecule is Cc1ccc(-c2nc(C(=O)NC3CCOc4ccccc43)cs2)c(C)c1. The predicted octanol–water partition coefficient (Wildman–Crippen LogP) is 4.68. The van der Waals surface area contributed by atoms with Crippen molar-refractivity contribution in [1.82, 2.24) is 10.3 Å². The molecular formula is C21H20N2O2S. The van der Waals surface area contributed by atoms with E-state index in [0.29, 0.717) is 12.3 Å². The Kier molecular flexibility index (Phi) is 4.47. The summed E-state index contributed by atoms with van der Waals surface area (Å²) in [5.41, 5.74) is 4.96. The van der Waals surface area contributed by atoms with Crippen molar-refractivity contribution in [2.75, 3.05) is 6.61 Å². The van der Waals surface area contributed by atoms with E-state index in [9.17, 15) is 4.79 Å². The number of carbonyl (C=O) groups is 1. The Morgan fingerprint density at radius 2 is 2.08 bits per heavy atom. The number of aryl methyl sites for hydroxylation is 2. The van der Waals surface area contributed by atoms with Crippen LogP contribution >= 0.6 is 11.3 Å². The Bertz CT molecular complexity index is 964. The molecule has 5 heteroatoms. The molecule has 0 radical (unpaired) electrons. The zero-order valence-corrected chi connectivity index (χ0v) is 15.6. The van der Waals surface area contributed by atoms with E-state index in [0.717, 1.165) is 28.3 Å². The molecular weight excluding hydrogens is 344 g/mol. The number of nitrogens with zero attached hydrogens (tertiary/aromatic N) is 1. The monoisotopic (exact) mass is 364 g/mol. The second-order valence-electron chi connectivity index (χ2n) is 6.56. The van der Waals surface area contributed by atoms with E-state index in [4.69, 9.17) is 4.74 Å². The molecule has 1 amide bonds. The van der Waals surface area contributed by atoms with Crippen molar-refractivity contribution >= 4 is 17.2 Å². The quantitative estimate of drug-likeness (QED) is 0.734. The summed E-state index contributed by atoms with van der Waals surface area (Å²) in [5, 5.41) is 5.81. The number of para-hydroxylation sites is 1. The van der Waals surface area contributed by atoms with E-state index in [2.05, 4.69) is 42.3 Å². The minimum atomic E-state index is -0.140. The van der Waals surface area contributed by atoms with Crippen LogP contribution in [0.5, 0.6) is 5.75 Å². The molecule has 1 aliphatic rings. The molecule has 0 bridgehead atoms. The highest BCUT2D eigenvalue weighted by Crippen LogP contribution is 2.32. The number of hydrogen-bond acceptors (Lipinski definition) is 4. The number of amides is 1. The van der Waals surface area contributed by atoms with E-state index >= 15 is 0 Å². The molecule has 0 fully saturated rings. The van der Waals surface area contributed by atoms with Gasteiger partial charge in [0.1, 0.15) is 16.5 Å². The summed E-state index contributed by atoms with van der Waals surface area (Å²) in [6.07, 6.45) is 0.761. The van der Waals surface area contributed by atoms with Gasteiger partial charge in [-0.3, -0.25) is 4.79 Å². The van der Waals surface area contributed by atoms with Gasteiger partial charge in [-0.2, -0.15) is 0 Å². The second kappa shape index (κ2) is 6.92. The number of carbonyl (C=O) groups excluding carboxylic acids is 1. The largest absolute Gasteiger partial charge is 0.493 e. The Morgan fingerprint density at radius 3 is 2.92 bits per heavy atom.